The molecular weight excluding hydrogens is 162 g/mol. The highest BCUT2D eigenvalue weighted by atomic mass is 35.5. The van der Waals surface area contributed by atoms with Crippen LogP contribution >= 0.6 is 11.6 Å². The predicted octanol–water partition coefficient (Wildman–Crippen LogP) is 2.39. The fourth-order valence-electron chi connectivity index (χ4n) is 0.904. The number of aryl methyl sites for hydroxylation is 1. The van der Waals surface area contributed by atoms with Gasteiger partial charge in [-0.3, -0.25) is 0 Å². The topological polar surface area (TPSA) is 33.1 Å². The summed E-state index contributed by atoms with van der Waals surface area (Å²) in [6, 6.07) is 1.65. The second kappa shape index (κ2) is 3.58. The Kier molecular flexibility index (Phi) is 2.71. The van der Waals surface area contributed by atoms with Gasteiger partial charge in [0, 0.05) is 6.20 Å². The zero-order chi connectivity index (χ0) is 8.27. The van der Waals surface area contributed by atoms with Gasteiger partial charge in [-0.25, -0.2) is 4.98 Å². The first-order valence-corrected chi connectivity index (χ1v) is 3.95. The highest BCUT2D eigenvalue weighted by Crippen LogP contribution is 2.20. The molecule has 0 atom stereocenters. The Morgan fingerprint density at radius 3 is 2.91 bits per heavy atom. The fourth-order valence-corrected chi connectivity index (χ4v) is 1.01. The van der Waals surface area contributed by atoms with Crippen LogP contribution in [0.4, 0.5) is 0 Å². The minimum atomic E-state index is 0.0672. The Labute approximate surface area is 70.8 Å². The highest BCUT2D eigenvalue weighted by molar-refractivity contribution is 6.30. The zero-order valence-corrected chi connectivity index (χ0v) is 7.10. The van der Waals surface area contributed by atoms with E-state index in [4.69, 9.17) is 16.7 Å². The van der Waals surface area contributed by atoms with Gasteiger partial charge < -0.3 is 5.11 Å². The minimum absolute atomic E-state index is 0.0672. The molecule has 1 rings (SSSR count). The van der Waals surface area contributed by atoms with Gasteiger partial charge in [0.1, 0.15) is 0 Å². The molecule has 0 unspecified atom stereocenters. The van der Waals surface area contributed by atoms with E-state index in [9.17, 15) is 0 Å². The number of rotatable bonds is 2. The van der Waals surface area contributed by atoms with Crippen molar-refractivity contribution in [2.24, 2.45) is 0 Å². The molecule has 0 aliphatic heterocycles. The lowest BCUT2D eigenvalue weighted by Gasteiger charge is -1.99. The summed E-state index contributed by atoms with van der Waals surface area (Å²) in [5.74, 6) is 0.0672. The van der Waals surface area contributed by atoms with Crippen molar-refractivity contribution in [2.45, 2.75) is 19.8 Å². The van der Waals surface area contributed by atoms with Crippen LogP contribution in [0, 0.1) is 0 Å². The zero-order valence-electron chi connectivity index (χ0n) is 6.34. The van der Waals surface area contributed by atoms with Crippen LogP contribution in [-0.4, -0.2) is 10.1 Å². The van der Waals surface area contributed by atoms with Gasteiger partial charge in [-0.15, -0.1) is 0 Å². The standard InChI is InChI=1S/C8H10ClNO/c1-2-3-6-4-7(11)8(9)10-5-6/h4-5,11H,2-3H2,1H3. The van der Waals surface area contributed by atoms with E-state index in [1.807, 2.05) is 0 Å². The number of pyridine rings is 1. The summed E-state index contributed by atoms with van der Waals surface area (Å²) in [6.45, 7) is 2.08. The average Bonchev–Trinajstić information content (AvgIpc) is 1.98. The van der Waals surface area contributed by atoms with Gasteiger partial charge in [0.2, 0.25) is 0 Å². The van der Waals surface area contributed by atoms with Crippen LogP contribution in [-0.2, 0) is 6.42 Å². The summed E-state index contributed by atoms with van der Waals surface area (Å²) in [5.41, 5.74) is 1.02. The van der Waals surface area contributed by atoms with E-state index < -0.39 is 0 Å². The van der Waals surface area contributed by atoms with Crippen molar-refractivity contribution < 1.29 is 5.11 Å². The second-order valence-corrected chi connectivity index (χ2v) is 2.76. The minimum Gasteiger partial charge on any atom is -0.505 e. The Balaban J connectivity index is 2.86. The van der Waals surface area contributed by atoms with Crippen molar-refractivity contribution in [3.05, 3.63) is 23.0 Å². The molecule has 0 saturated heterocycles. The Bertz CT molecular complexity index is 250. The molecule has 1 N–H and O–H groups in total. The van der Waals surface area contributed by atoms with Gasteiger partial charge in [0.05, 0.1) is 0 Å². The van der Waals surface area contributed by atoms with Crippen molar-refractivity contribution in [3.8, 4) is 5.75 Å². The number of hydrogen-bond acceptors (Lipinski definition) is 2. The Hall–Kier alpha value is -0.760. The van der Waals surface area contributed by atoms with E-state index >= 15 is 0 Å². The van der Waals surface area contributed by atoms with Crippen LogP contribution in [0.3, 0.4) is 0 Å². The Morgan fingerprint density at radius 1 is 1.64 bits per heavy atom. The molecule has 0 amide bonds. The molecule has 1 aromatic heterocycles. The monoisotopic (exact) mass is 171 g/mol. The van der Waals surface area contributed by atoms with E-state index in [0.717, 1.165) is 18.4 Å². The molecule has 0 fully saturated rings. The first-order chi connectivity index (χ1) is 5.24. The molecule has 0 aromatic carbocycles. The Morgan fingerprint density at radius 2 is 2.36 bits per heavy atom. The maximum Gasteiger partial charge on any atom is 0.170 e. The highest BCUT2D eigenvalue weighted by Gasteiger charge is 1.99. The molecule has 3 heteroatoms. The smallest absolute Gasteiger partial charge is 0.170 e. The largest absolute Gasteiger partial charge is 0.505 e. The van der Waals surface area contributed by atoms with E-state index in [1.54, 1.807) is 12.3 Å². The van der Waals surface area contributed by atoms with Gasteiger partial charge in [0.25, 0.3) is 0 Å². The predicted molar refractivity (Wildman–Crippen MR) is 44.9 cm³/mol. The number of aromatic hydroxyl groups is 1. The third-order valence-electron chi connectivity index (χ3n) is 1.42. The van der Waals surface area contributed by atoms with Crippen molar-refractivity contribution in [3.63, 3.8) is 0 Å². The van der Waals surface area contributed by atoms with Crippen LogP contribution < -0.4 is 0 Å². The molecular formula is C8H10ClNO. The lowest BCUT2D eigenvalue weighted by atomic mass is 10.2. The van der Waals surface area contributed by atoms with Crippen molar-refractivity contribution in [1.82, 2.24) is 4.98 Å². The second-order valence-electron chi connectivity index (χ2n) is 2.40. The summed E-state index contributed by atoms with van der Waals surface area (Å²) in [6.07, 6.45) is 3.66. The number of halogens is 1. The molecule has 0 aliphatic rings. The molecule has 0 saturated carbocycles. The molecule has 60 valence electrons. The number of hydrogen-bond donors (Lipinski definition) is 1. The van der Waals surface area contributed by atoms with Gasteiger partial charge >= 0.3 is 0 Å². The number of nitrogens with zero attached hydrogens (tertiary/aromatic N) is 1. The SMILES string of the molecule is CCCc1cnc(Cl)c(O)c1. The first-order valence-electron chi connectivity index (χ1n) is 3.57. The summed E-state index contributed by atoms with van der Waals surface area (Å²) in [4.78, 5) is 3.81. The van der Waals surface area contributed by atoms with E-state index in [1.165, 1.54) is 0 Å². The van der Waals surface area contributed by atoms with Gasteiger partial charge in [-0.1, -0.05) is 24.9 Å². The van der Waals surface area contributed by atoms with Crippen LogP contribution in [0.25, 0.3) is 0 Å². The van der Waals surface area contributed by atoms with E-state index in [2.05, 4.69) is 11.9 Å². The fraction of sp³-hybridized carbons (Fsp3) is 0.375. The molecule has 0 aliphatic carbocycles. The van der Waals surface area contributed by atoms with Crippen LogP contribution in [0.2, 0.25) is 5.15 Å². The third-order valence-corrected chi connectivity index (χ3v) is 1.71. The number of aromatic nitrogens is 1. The summed E-state index contributed by atoms with van der Waals surface area (Å²) >= 11 is 5.52. The maximum atomic E-state index is 9.13. The third kappa shape index (κ3) is 2.09. The summed E-state index contributed by atoms with van der Waals surface area (Å²) < 4.78 is 0. The van der Waals surface area contributed by atoms with Gasteiger partial charge in [0.15, 0.2) is 10.9 Å². The first kappa shape index (κ1) is 8.34. The van der Waals surface area contributed by atoms with Crippen molar-refractivity contribution >= 4 is 11.6 Å². The molecule has 1 heterocycles. The lowest BCUT2D eigenvalue weighted by Crippen LogP contribution is -1.85. The van der Waals surface area contributed by atoms with E-state index in [-0.39, 0.29) is 10.9 Å². The quantitative estimate of drug-likeness (QED) is 0.694. The summed E-state index contributed by atoms with van der Waals surface area (Å²) in [5, 5.41) is 9.30. The molecule has 0 radical (unpaired) electrons. The van der Waals surface area contributed by atoms with Crippen LogP contribution in [0.5, 0.6) is 5.75 Å². The van der Waals surface area contributed by atoms with Crippen molar-refractivity contribution in [2.75, 3.05) is 0 Å². The average molecular weight is 172 g/mol. The van der Waals surface area contributed by atoms with Gasteiger partial charge in [-0.05, 0) is 18.1 Å². The molecule has 0 spiro atoms. The van der Waals surface area contributed by atoms with Crippen LogP contribution in [0.1, 0.15) is 18.9 Å². The van der Waals surface area contributed by atoms with Gasteiger partial charge in [-0.2, -0.15) is 0 Å². The molecule has 11 heavy (non-hydrogen) atoms. The molecule has 1 aromatic rings. The maximum absolute atomic E-state index is 9.13. The molecule has 2 nitrogen and oxygen atoms in total. The summed E-state index contributed by atoms with van der Waals surface area (Å²) in [7, 11) is 0. The lowest BCUT2D eigenvalue weighted by molar-refractivity contribution is 0.472. The van der Waals surface area contributed by atoms with Crippen molar-refractivity contribution in [1.29, 1.82) is 0 Å². The van der Waals surface area contributed by atoms with Crippen LogP contribution in [0.15, 0.2) is 12.3 Å². The van der Waals surface area contributed by atoms with E-state index in [0.29, 0.717) is 0 Å². The molecule has 0 bridgehead atoms. The normalized spacial score (nSPS) is 10.0.